The van der Waals surface area contributed by atoms with Crippen molar-refractivity contribution in [3.05, 3.63) is 62.8 Å². The highest BCUT2D eigenvalue weighted by molar-refractivity contribution is 6.35. The molecule has 0 saturated carbocycles. The van der Waals surface area contributed by atoms with Crippen LogP contribution in [0.2, 0.25) is 10.0 Å². The van der Waals surface area contributed by atoms with E-state index in [1.807, 2.05) is 20.8 Å². The second kappa shape index (κ2) is 8.97. The molecule has 3 aromatic rings. The molecule has 1 N–H and O–H groups in total. The van der Waals surface area contributed by atoms with Crippen molar-refractivity contribution in [2.75, 3.05) is 11.9 Å². The number of nitrogens with one attached hydrogen (secondary N) is 1. The van der Waals surface area contributed by atoms with Gasteiger partial charge in [-0.3, -0.25) is 4.79 Å². The lowest BCUT2D eigenvalue weighted by molar-refractivity contribution is -0.111. The molecule has 6 heteroatoms. The summed E-state index contributed by atoms with van der Waals surface area (Å²) in [5.74, 6) is 1.55. The Morgan fingerprint density at radius 3 is 2.77 bits per heavy atom. The number of anilines is 1. The van der Waals surface area contributed by atoms with E-state index in [0.29, 0.717) is 22.3 Å². The van der Waals surface area contributed by atoms with Crippen molar-refractivity contribution in [3.8, 4) is 5.75 Å². The van der Waals surface area contributed by atoms with Gasteiger partial charge in [-0.1, -0.05) is 23.2 Å². The first-order valence-electron chi connectivity index (χ1n) is 10.5. The van der Waals surface area contributed by atoms with E-state index in [9.17, 15) is 4.79 Å². The summed E-state index contributed by atoms with van der Waals surface area (Å²) < 4.78 is 12.2. The van der Waals surface area contributed by atoms with E-state index >= 15 is 0 Å². The van der Waals surface area contributed by atoms with Gasteiger partial charge in [-0.2, -0.15) is 0 Å². The third kappa shape index (κ3) is 4.32. The lowest BCUT2D eigenvalue weighted by atomic mass is 9.93. The Balaban J connectivity index is 1.75. The minimum atomic E-state index is -0.281. The van der Waals surface area contributed by atoms with Crippen LogP contribution in [0, 0.1) is 6.92 Å². The number of amides is 1. The van der Waals surface area contributed by atoms with Crippen LogP contribution < -0.4 is 10.1 Å². The quantitative estimate of drug-likeness (QED) is 0.406. The van der Waals surface area contributed by atoms with E-state index in [1.165, 1.54) is 12.0 Å². The van der Waals surface area contributed by atoms with Crippen LogP contribution in [0.1, 0.15) is 49.1 Å². The average Bonchev–Trinajstić information content (AvgIpc) is 3.11. The summed E-state index contributed by atoms with van der Waals surface area (Å²) in [6.45, 7) is 6.41. The maximum absolute atomic E-state index is 12.7. The topological polar surface area (TPSA) is 51.5 Å². The molecular formula is C25H25Cl2NO3. The number of ether oxygens (including phenoxy) is 1. The Kier molecular flexibility index (Phi) is 6.31. The molecule has 0 spiro atoms. The van der Waals surface area contributed by atoms with Gasteiger partial charge in [0.15, 0.2) is 0 Å². The fourth-order valence-electron chi connectivity index (χ4n) is 4.20. The minimum absolute atomic E-state index is 0.281. The molecule has 4 nitrogen and oxygen atoms in total. The molecule has 0 radical (unpaired) electrons. The predicted molar refractivity (Wildman–Crippen MR) is 128 cm³/mol. The van der Waals surface area contributed by atoms with E-state index in [1.54, 1.807) is 24.3 Å². The Labute approximate surface area is 192 Å². The third-order valence-corrected chi connectivity index (χ3v) is 6.24. The van der Waals surface area contributed by atoms with Crippen molar-refractivity contribution in [1.82, 2.24) is 0 Å². The smallest absolute Gasteiger partial charge is 0.248 e. The summed E-state index contributed by atoms with van der Waals surface area (Å²) in [4.78, 5) is 12.7. The molecule has 0 saturated heterocycles. The highest BCUT2D eigenvalue weighted by Gasteiger charge is 2.23. The maximum atomic E-state index is 12.7. The zero-order valence-electron chi connectivity index (χ0n) is 17.9. The number of allylic oxidation sites excluding steroid dienone is 1. The Morgan fingerprint density at radius 1 is 1.23 bits per heavy atom. The first-order chi connectivity index (χ1) is 14.9. The zero-order chi connectivity index (χ0) is 22.1. The number of hydrogen-bond acceptors (Lipinski definition) is 3. The molecule has 1 heterocycles. The van der Waals surface area contributed by atoms with Crippen molar-refractivity contribution >= 4 is 51.3 Å². The van der Waals surface area contributed by atoms with Gasteiger partial charge in [0.25, 0.3) is 0 Å². The van der Waals surface area contributed by atoms with E-state index < -0.39 is 0 Å². The summed E-state index contributed by atoms with van der Waals surface area (Å²) in [7, 11) is 0. The van der Waals surface area contributed by atoms with Crippen LogP contribution in [0.25, 0.3) is 16.5 Å². The van der Waals surface area contributed by atoms with Gasteiger partial charge in [0.1, 0.15) is 17.1 Å². The Bertz CT molecular complexity index is 1190. The summed E-state index contributed by atoms with van der Waals surface area (Å²) >= 11 is 12.2. The van der Waals surface area contributed by atoms with Crippen molar-refractivity contribution < 1.29 is 13.9 Å². The van der Waals surface area contributed by atoms with Crippen molar-refractivity contribution in [1.29, 1.82) is 0 Å². The second-order valence-electron chi connectivity index (χ2n) is 7.84. The number of furan rings is 1. The number of rotatable bonds is 5. The highest BCUT2D eigenvalue weighted by atomic mass is 35.5. The SMILES string of the molecule is CCOc1c(/C(C)=C/C(=O)Nc2cc(Cl)ccc2Cl)cc2c3c(oc2c1C)CCCC3. The lowest BCUT2D eigenvalue weighted by Crippen LogP contribution is -2.09. The fourth-order valence-corrected chi connectivity index (χ4v) is 4.53. The van der Waals surface area contributed by atoms with Crippen molar-refractivity contribution in [2.24, 2.45) is 0 Å². The molecule has 31 heavy (non-hydrogen) atoms. The van der Waals surface area contributed by atoms with E-state index in [-0.39, 0.29) is 5.91 Å². The number of benzene rings is 2. The maximum Gasteiger partial charge on any atom is 0.248 e. The molecular weight excluding hydrogens is 433 g/mol. The lowest BCUT2D eigenvalue weighted by Gasteiger charge is -2.15. The molecule has 1 aliphatic carbocycles. The average molecular weight is 458 g/mol. The molecule has 4 rings (SSSR count). The van der Waals surface area contributed by atoms with Gasteiger partial charge in [0.05, 0.1) is 17.3 Å². The van der Waals surface area contributed by atoms with Crippen molar-refractivity contribution in [3.63, 3.8) is 0 Å². The monoisotopic (exact) mass is 457 g/mol. The van der Waals surface area contributed by atoms with Crippen LogP contribution in [0.3, 0.4) is 0 Å². The van der Waals surface area contributed by atoms with Crippen LogP contribution in [0.4, 0.5) is 5.69 Å². The first kappa shape index (κ1) is 21.8. The Hall–Kier alpha value is -2.43. The van der Waals surface area contributed by atoms with Crippen molar-refractivity contribution in [2.45, 2.75) is 46.5 Å². The fraction of sp³-hybridized carbons (Fsp3) is 0.320. The predicted octanol–water partition coefficient (Wildman–Crippen LogP) is 7.37. The van der Waals surface area contributed by atoms with E-state index in [4.69, 9.17) is 32.4 Å². The van der Waals surface area contributed by atoms with Crippen LogP contribution in [0.15, 0.2) is 34.8 Å². The number of fused-ring (bicyclic) bond motifs is 3. The van der Waals surface area contributed by atoms with E-state index in [2.05, 4.69) is 11.4 Å². The van der Waals surface area contributed by atoms with Gasteiger partial charge in [-0.05, 0) is 69.9 Å². The summed E-state index contributed by atoms with van der Waals surface area (Å²) in [6.07, 6.45) is 5.88. The molecule has 162 valence electrons. The molecule has 1 aliphatic rings. The van der Waals surface area contributed by atoms with E-state index in [0.717, 1.165) is 58.4 Å². The second-order valence-corrected chi connectivity index (χ2v) is 8.68. The molecule has 1 aromatic heterocycles. The molecule has 1 amide bonds. The summed E-state index contributed by atoms with van der Waals surface area (Å²) in [5.41, 5.74) is 5.32. The summed E-state index contributed by atoms with van der Waals surface area (Å²) in [5, 5.41) is 4.87. The molecule has 0 bridgehead atoms. The van der Waals surface area contributed by atoms with Crippen LogP contribution in [-0.4, -0.2) is 12.5 Å². The van der Waals surface area contributed by atoms with Gasteiger partial charge in [0.2, 0.25) is 5.91 Å². The number of aryl methyl sites for hydroxylation is 3. The van der Waals surface area contributed by atoms with Crippen LogP contribution in [-0.2, 0) is 17.6 Å². The largest absolute Gasteiger partial charge is 0.493 e. The van der Waals surface area contributed by atoms with Gasteiger partial charge < -0.3 is 14.5 Å². The first-order valence-corrected chi connectivity index (χ1v) is 11.3. The number of carbonyl (C=O) groups excluding carboxylic acids is 1. The van der Waals surface area contributed by atoms with Crippen LogP contribution >= 0.6 is 23.2 Å². The zero-order valence-corrected chi connectivity index (χ0v) is 19.4. The molecule has 0 aliphatic heterocycles. The molecule has 0 fully saturated rings. The van der Waals surface area contributed by atoms with Crippen LogP contribution in [0.5, 0.6) is 5.75 Å². The number of carbonyl (C=O) groups is 1. The molecule has 2 aromatic carbocycles. The van der Waals surface area contributed by atoms with Gasteiger partial charge >= 0.3 is 0 Å². The standard InChI is InChI=1S/C25H25Cl2NO3/c1-4-30-24-15(3)25-19(17-7-5-6-8-22(17)31-25)13-18(24)14(2)11-23(29)28-21-12-16(26)9-10-20(21)27/h9-13H,4-8H2,1-3H3,(H,28,29)/b14-11+. The normalized spacial score (nSPS) is 13.9. The molecule has 0 unspecified atom stereocenters. The Morgan fingerprint density at radius 2 is 2.00 bits per heavy atom. The van der Waals surface area contributed by atoms with Gasteiger partial charge in [0, 0.05) is 39.6 Å². The summed E-state index contributed by atoms with van der Waals surface area (Å²) in [6, 6.07) is 7.07. The molecule has 0 atom stereocenters. The highest BCUT2D eigenvalue weighted by Crippen LogP contribution is 2.41. The number of halogens is 2. The number of hydrogen-bond donors (Lipinski definition) is 1. The van der Waals surface area contributed by atoms with Gasteiger partial charge in [-0.15, -0.1) is 0 Å². The minimum Gasteiger partial charge on any atom is -0.493 e. The van der Waals surface area contributed by atoms with Gasteiger partial charge in [-0.25, -0.2) is 0 Å². The third-order valence-electron chi connectivity index (χ3n) is 5.67.